The highest BCUT2D eigenvalue weighted by atomic mass is 35.5. The number of rotatable bonds is 10. The first-order valence-corrected chi connectivity index (χ1v) is 8.90. The van der Waals surface area contributed by atoms with Crippen molar-refractivity contribution in [1.82, 2.24) is 0 Å². The van der Waals surface area contributed by atoms with Crippen LogP contribution in [0.25, 0.3) is 0 Å². The van der Waals surface area contributed by atoms with Gasteiger partial charge in [-0.3, -0.25) is 0 Å². The molecule has 0 aromatic rings. The number of aliphatic hydroxyl groups is 1. The lowest BCUT2D eigenvalue weighted by molar-refractivity contribution is 0.183. The summed E-state index contributed by atoms with van der Waals surface area (Å²) in [6.45, 7) is 2.57. The third kappa shape index (κ3) is 6.49. The van der Waals surface area contributed by atoms with E-state index in [1.807, 2.05) is 0 Å². The molecule has 0 aromatic heterocycles. The first-order chi connectivity index (χ1) is 9.23. The van der Waals surface area contributed by atoms with E-state index in [2.05, 4.69) is 6.92 Å². The van der Waals surface area contributed by atoms with E-state index in [1.165, 1.54) is 64.2 Å². The number of hydrogen-bond acceptors (Lipinski definition) is 1. The second kappa shape index (κ2) is 10.0. The van der Waals surface area contributed by atoms with Crippen LogP contribution in [0.2, 0.25) is 0 Å². The highest BCUT2D eigenvalue weighted by Crippen LogP contribution is 2.44. The minimum atomic E-state index is 0.00436. The summed E-state index contributed by atoms with van der Waals surface area (Å²) in [6, 6.07) is 0. The molecule has 2 heteroatoms. The summed E-state index contributed by atoms with van der Waals surface area (Å²) in [5, 5.41) is 9.18. The molecule has 1 N–H and O–H groups in total. The van der Waals surface area contributed by atoms with Gasteiger partial charge in [0.15, 0.2) is 0 Å². The molecule has 0 radical (unpaired) electrons. The predicted octanol–water partition coefficient (Wildman–Crippen LogP) is 5.68. The van der Waals surface area contributed by atoms with Crippen LogP contribution in [0.1, 0.15) is 90.4 Å². The molecular weight excluding hydrogens is 256 g/mol. The van der Waals surface area contributed by atoms with Gasteiger partial charge in [-0.2, -0.15) is 0 Å². The fourth-order valence-corrected chi connectivity index (χ4v) is 4.02. The van der Waals surface area contributed by atoms with Gasteiger partial charge in [0, 0.05) is 11.5 Å². The zero-order valence-electron chi connectivity index (χ0n) is 12.8. The van der Waals surface area contributed by atoms with Crippen LogP contribution in [-0.2, 0) is 0 Å². The Balaban J connectivity index is 2.17. The molecule has 1 saturated carbocycles. The van der Waals surface area contributed by atoms with Crippen LogP contribution in [0.3, 0.4) is 0 Å². The highest BCUT2D eigenvalue weighted by molar-refractivity contribution is 6.24. The van der Waals surface area contributed by atoms with Gasteiger partial charge in [-0.1, -0.05) is 64.7 Å². The van der Waals surface area contributed by atoms with Crippen LogP contribution in [-0.4, -0.2) is 16.6 Å². The second-order valence-corrected chi connectivity index (χ2v) is 7.11. The standard InChI is InChI=1S/C17H33ClO/c1-2-3-4-5-6-7-9-13-17(18)14-10-8-11-16(17)12-15-19/h16,19H,2-15H2,1H3. The first kappa shape index (κ1) is 17.3. The summed E-state index contributed by atoms with van der Waals surface area (Å²) in [4.78, 5) is 0.00436. The Morgan fingerprint density at radius 3 is 2.42 bits per heavy atom. The number of alkyl halides is 1. The van der Waals surface area contributed by atoms with Gasteiger partial charge in [-0.15, -0.1) is 11.6 Å². The molecule has 2 atom stereocenters. The molecule has 1 nitrogen and oxygen atoms in total. The first-order valence-electron chi connectivity index (χ1n) is 8.52. The SMILES string of the molecule is CCCCCCCCCC1(Cl)CCCCC1CCO. The van der Waals surface area contributed by atoms with Crippen LogP contribution in [0.15, 0.2) is 0 Å². The topological polar surface area (TPSA) is 20.2 Å². The van der Waals surface area contributed by atoms with Gasteiger partial charge in [0.25, 0.3) is 0 Å². The minimum Gasteiger partial charge on any atom is -0.396 e. The fraction of sp³-hybridized carbons (Fsp3) is 1.00. The molecule has 114 valence electrons. The maximum atomic E-state index is 9.18. The summed E-state index contributed by atoms with van der Waals surface area (Å²) in [6.07, 6.45) is 16.5. The van der Waals surface area contributed by atoms with Crippen molar-refractivity contribution in [2.75, 3.05) is 6.61 Å². The van der Waals surface area contributed by atoms with Crippen LogP contribution in [0, 0.1) is 5.92 Å². The molecular formula is C17H33ClO. The van der Waals surface area contributed by atoms with E-state index < -0.39 is 0 Å². The second-order valence-electron chi connectivity index (χ2n) is 6.36. The van der Waals surface area contributed by atoms with Crippen molar-refractivity contribution in [3.8, 4) is 0 Å². The summed E-state index contributed by atoms with van der Waals surface area (Å²) < 4.78 is 0. The van der Waals surface area contributed by atoms with E-state index in [1.54, 1.807) is 0 Å². The molecule has 0 saturated heterocycles. The van der Waals surface area contributed by atoms with Gasteiger partial charge in [0.05, 0.1) is 0 Å². The Bertz CT molecular complexity index is 217. The van der Waals surface area contributed by atoms with Crippen molar-refractivity contribution in [2.24, 2.45) is 5.92 Å². The fourth-order valence-electron chi connectivity index (χ4n) is 3.54. The van der Waals surface area contributed by atoms with Crippen molar-refractivity contribution in [2.45, 2.75) is 95.3 Å². The minimum absolute atomic E-state index is 0.00436. The summed E-state index contributed by atoms with van der Waals surface area (Å²) in [7, 11) is 0. The molecule has 19 heavy (non-hydrogen) atoms. The monoisotopic (exact) mass is 288 g/mol. The van der Waals surface area contributed by atoms with Crippen molar-refractivity contribution >= 4 is 11.6 Å². The average Bonchev–Trinajstić information content (AvgIpc) is 2.41. The van der Waals surface area contributed by atoms with Gasteiger partial charge < -0.3 is 5.11 Å². The third-order valence-corrected chi connectivity index (χ3v) is 5.49. The van der Waals surface area contributed by atoms with E-state index in [4.69, 9.17) is 11.6 Å². The molecule has 0 bridgehead atoms. The number of hydrogen-bond donors (Lipinski definition) is 1. The maximum absolute atomic E-state index is 9.18. The predicted molar refractivity (Wildman–Crippen MR) is 84.9 cm³/mol. The maximum Gasteiger partial charge on any atom is 0.0475 e. The van der Waals surface area contributed by atoms with Gasteiger partial charge >= 0.3 is 0 Å². The Hall–Kier alpha value is 0.250. The van der Waals surface area contributed by atoms with Crippen LogP contribution in [0.4, 0.5) is 0 Å². The molecule has 0 amide bonds. The van der Waals surface area contributed by atoms with Gasteiger partial charge in [0.1, 0.15) is 0 Å². The lowest BCUT2D eigenvalue weighted by Crippen LogP contribution is -2.35. The lowest BCUT2D eigenvalue weighted by atomic mass is 9.74. The highest BCUT2D eigenvalue weighted by Gasteiger charge is 2.37. The Kier molecular flexibility index (Phi) is 9.15. The molecule has 0 heterocycles. The van der Waals surface area contributed by atoms with Crippen molar-refractivity contribution in [3.05, 3.63) is 0 Å². The average molecular weight is 289 g/mol. The Labute approximate surface area is 125 Å². The normalized spacial score (nSPS) is 27.6. The Morgan fingerprint density at radius 2 is 1.74 bits per heavy atom. The zero-order chi connectivity index (χ0) is 14.0. The number of halogens is 1. The molecule has 2 unspecified atom stereocenters. The van der Waals surface area contributed by atoms with E-state index in [9.17, 15) is 5.11 Å². The summed E-state index contributed by atoms with van der Waals surface area (Å²) >= 11 is 6.87. The number of aliphatic hydroxyl groups excluding tert-OH is 1. The van der Waals surface area contributed by atoms with Gasteiger partial charge in [-0.25, -0.2) is 0 Å². The summed E-state index contributed by atoms with van der Waals surface area (Å²) in [5.74, 6) is 0.549. The van der Waals surface area contributed by atoms with E-state index in [-0.39, 0.29) is 4.87 Å². The largest absolute Gasteiger partial charge is 0.396 e. The van der Waals surface area contributed by atoms with E-state index >= 15 is 0 Å². The Morgan fingerprint density at radius 1 is 1.05 bits per heavy atom. The quantitative estimate of drug-likeness (QED) is 0.405. The molecule has 1 aliphatic carbocycles. The molecule has 0 aromatic carbocycles. The van der Waals surface area contributed by atoms with Gasteiger partial charge in [-0.05, 0) is 31.6 Å². The van der Waals surface area contributed by atoms with Crippen molar-refractivity contribution < 1.29 is 5.11 Å². The summed E-state index contributed by atoms with van der Waals surface area (Å²) in [5.41, 5.74) is 0. The van der Waals surface area contributed by atoms with Crippen molar-refractivity contribution in [3.63, 3.8) is 0 Å². The van der Waals surface area contributed by atoms with Crippen LogP contribution >= 0.6 is 11.6 Å². The molecule has 1 rings (SSSR count). The zero-order valence-corrected chi connectivity index (χ0v) is 13.6. The molecule has 0 spiro atoms. The van der Waals surface area contributed by atoms with Gasteiger partial charge in [0.2, 0.25) is 0 Å². The third-order valence-electron chi connectivity index (χ3n) is 4.80. The van der Waals surface area contributed by atoms with E-state index in [0.717, 1.165) is 19.3 Å². The van der Waals surface area contributed by atoms with Crippen LogP contribution < -0.4 is 0 Å². The number of unbranched alkanes of at least 4 members (excludes halogenated alkanes) is 6. The van der Waals surface area contributed by atoms with Crippen molar-refractivity contribution in [1.29, 1.82) is 0 Å². The molecule has 1 aliphatic rings. The smallest absolute Gasteiger partial charge is 0.0475 e. The van der Waals surface area contributed by atoms with E-state index in [0.29, 0.717) is 12.5 Å². The molecule has 0 aliphatic heterocycles. The molecule has 1 fully saturated rings. The lowest BCUT2D eigenvalue weighted by Gasteiger charge is -2.39. The van der Waals surface area contributed by atoms with Crippen LogP contribution in [0.5, 0.6) is 0 Å².